The van der Waals surface area contributed by atoms with Gasteiger partial charge in [-0.25, -0.2) is 0 Å². The Kier molecular flexibility index (Phi) is 5.62. The summed E-state index contributed by atoms with van der Waals surface area (Å²) in [5, 5.41) is 3.72. The topological polar surface area (TPSA) is 15.3 Å². The van der Waals surface area contributed by atoms with E-state index in [2.05, 4.69) is 61.3 Å². The molecule has 1 aromatic rings. The summed E-state index contributed by atoms with van der Waals surface area (Å²) in [6, 6.07) is 11.3. The molecule has 1 aliphatic heterocycles. The lowest BCUT2D eigenvalue weighted by Gasteiger charge is -2.46. The average molecular weight is 274 g/mol. The molecule has 1 N–H and O–H groups in total. The Bertz CT molecular complexity index is 386. The van der Waals surface area contributed by atoms with Gasteiger partial charge in [0.2, 0.25) is 0 Å². The van der Waals surface area contributed by atoms with Gasteiger partial charge in [0, 0.05) is 24.7 Å². The molecule has 1 atom stereocenters. The molecule has 1 saturated heterocycles. The van der Waals surface area contributed by atoms with Crippen molar-refractivity contribution >= 4 is 0 Å². The zero-order valence-corrected chi connectivity index (χ0v) is 13.4. The van der Waals surface area contributed by atoms with Crippen LogP contribution in [0.5, 0.6) is 0 Å². The smallest absolute Gasteiger partial charge is 0.0450 e. The average Bonchev–Trinajstić information content (AvgIpc) is 2.46. The van der Waals surface area contributed by atoms with Gasteiger partial charge in [-0.05, 0) is 32.4 Å². The number of nitrogens with one attached hydrogen (secondary N) is 1. The van der Waals surface area contributed by atoms with Gasteiger partial charge in [0.1, 0.15) is 0 Å². The fourth-order valence-corrected chi connectivity index (χ4v) is 3.05. The Morgan fingerprint density at radius 1 is 1.15 bits per heavy atom. The third kappa shape index (κ3) is 4.07. The van der Waals surface area contributed by atoms with Crippen molar-refractivity contribution in [3.63, 3.8) is 0 Å². The summed E-state index contributed by atoms with van der Waals surface area (Å²) in [5.74, 6) is 0. The molecule has 2 heteroatoms. The second-order valence-electron chi connectivity index (χ2n) is 6.66. The number of hydrogen-bond acceptors (Lipinski definition) is 2. The molecular weight excluding hydrogens is 244 g/mol. The fraction of sp³-hybridized carbons (Fsp3) is 0.667. The van der Waals surface area contributed by atoms with E-state index in [1.165, 1.54) is 37.8 Å². The van der Waals surface area contributed by atoms with Crippen LogP contribution >= 0.6 is 0 Å². The Morgan fingerprint density at radius 3 is 2.60 bits per heavy atom. The molecule has 1 unspecified atom stereocenters. The van der Waals surface area contributed by atoms with Gasteiger partial charge in [0.15, 0.2) is 0 Å². The van der Waals surface area contributed by atoms with E-state index < -0.39 is 0 Å². The molecule has 0 radical (unpaired) electrons. The van der Waals surface area contributed by atoms with Crippen LogP contribution in [-0.4, -0.2) is 30.1 Å². The molecular formula is C18H30N2. The fourth-order valence-electron chi connectivity index (χ4n) is 3.05. The van der Waals surface area contributed by atoms with Gasteiger partial charge in [-0.2, -0.15) is 0 Å². The number of hydrogen-bond donors (Lipinski definition) is 1. The van der Waals surface area contributed by atoms with Crippen molar-refractivity contribution in [1.82, 2.24) is 10.2 Å². The predicted molar refractivity (Wildman–Crippen MR) is 87.0 cm³/mol. The zero-order valence-electron chi connectivity index (χ0n) is 13.4. The van der Waals surface area contributed by atoms with Crippen molar-refractivity contribution in [2.75, 3.05) is 19.6 Å². The van der Waals surface area contributed by atoms with E-state index in [9.17, 15) is 0 Å². The molecule has 1 heterocycles. The summed E-state index contributed by atoms with van der Waals surface area (Å²) in [5.41, 5.74) is 1.69. The van der Waals surface area contributed by atoms with Gasteiger partial charge in [-0.3, -0.25) is 4.90 Å². The van der Waals surface area contributed by atoms with E-state index >= 15 is 0 Å². The Hall–Kier alpha value is -0.860. The number of nitrogens with zero attached hydrogens (tertiary/aromatic N) is 1. The minimum absolute atomic E-state index is 0.275. The maximum atomic E-state index is 3.72. The summed E-state index contributed by atoms with van der Waals surface area (Å²) in [4.78, 5) is 2.68. The lowest BCUT2D eigenvalue weighted by molar-refractivity contribution is 0.0641. The van der Waals surface area contributed by atoms with Gasteiger partial charge in [-0.15, -0.1) is 0 Å². The molecule has 1 aliphatic rings. The van der Waals surface area contributed by atoms with Crippen molar-refractivity contribution in [2.45, 2.75) is 58.0 Å². The van der Waals surface area contributed by atoms with Crippen LogP contribution in [0.15, 0.2) is 30.3 Å². The van der Waals surface area contributed by atoms with Crippen molar-refractivity contribution in [2.24, 2.45) is 0 Å². The quantitative estimate of drug-likeness (QED) is 0.789. The number of piperazine rings is 1. The first-order valence-corrected chi connectivity index (χ1v) is 8.17. The van der Waals surface area contributed by atoms with Crippen molar-refractivity contribution in [3.8, 4) is 0 Å². The van der Waals surface area contributed by atoms with Crippen LogP contribution in [0.1, 0.15) is 58.1 Å². The maximum absolute atomic E-state index is 3.72. The summed E-state index contributed by atoms with van der Waals surface area (Å²) in [7, 11) is 0. The van der Waals surface area contributed by atoms with Gasteiger partial charge in [0.25, 0.3) is 0 Å². The maximum Gasteiger partial charge on any atom is 0.0450 e. The van der Waals surface area contributed by atoms with Gasteiger partial charge < -0.3 is 5.32 Å². The Labute approximate surface area is 124 Å². The third-order valence-electron chi connectivity index (χ3n) is 4.52. The lowest BCUT2D eigenvalue weighted by Crippen LogP contribution is -2.59. The van der Waals surface area contributed by atoms with Gasteiger partial charge in [-0.1, -0.05) is 56.5 Å². The highest BCUT2D eigenvalue weighted by molar-refractivity contribution is 5.20. The Morgan fingerprint density at radius 2 is 1.90 bits per heavy atom. The second-order valence-corrected chi connectivity index (χ2v) is 6.66. The number of rotatable bonds is 6. The summed E-state index contributed by atoms with van der Waals surface area (Å²) in [6.07, 6.45) is 5.39. The van der Waals surface area contributed by atoms with E-state index in [0.29, 0.717) is 6.04 Å². The Balaban J connectivity index is 1.93. The molecule has 2 nitrogen and oxygen atoms in total. The summed E-state index contributed by atoms with van der Waals surface area (Å²) in [6.45, 7) is 10.4. The largest absolute Gasteiger partial charge is 0.307 e. The summed E-state index contributed by atoms with van der Waals surface area (Å²) >= 11 is 0. The van der Waals surface area contributed by atoms with Gasteiger partial charge in [0.05, 0.1) is 0 Å². The minimum Gasteiger partial charge on any atom is -0.307 e. The zero-order chi connectivity index (χ0) is 14.4. The molecule has 1 fully saturated rings. The van der Waals surface area contributed by atoms with Crippen LogP contribution in [0.4, 0.5) is 0 Å². The van der Waals surface area contributed by atoms with E-state index in [1.807, 2.05) is 0 Å². The molecule has 20 heavy (non-hydrogen) atoms. The van der Waals surface area contributed by atoms with Crippen LogP contribution in [-0.2, 0) is 0 Å². The first-order chi connectivity index (χ1) is 9.63. The highest BCUT2D eigenvalue weighted by atomic mass is 15.3. The highest BCUT2D eigenvalue weighted by Gasteiger charge is 2.33. The molecule has 0 amide bonds. The van der Waals surface area contributed by atoms with Crippen LogP contribution in [0, 0.1) is 0 Å². The SMILES string of the molecule is CCCCCCN1CC(c2ccccc2)NCC1(C)C. The van der Waals surface area contributed by atoms with E-state index in [4.69, 9.17) is 0 Å². The number of benzene rings is 1. The van der Waals surface area contributed by atoms with Crippen LogP contribution in [0.3, 0.4) is 0 Å². The molecule has 1 aromatic carbocycles. The van der Waals surface area contributed by atoms with Crippen molar-refractivity contribution in [3.05, 3.63) is 35.9 Å². The van der Waals surface area contributed by atoms with Crippen molar-refractivity contribution in [1.29, 1.82) is 0 Å². The standard InChI is InChI=1S/C18H30N2/c1-4-5-6-10-13-20-14-17(19-15-18(20,2)3)16-11-8-7-9-12-16/h7-9,11-12,17,19H,4-6,10,13-15H2,1-3H3. The van der Waals surface area contributed by atoms with Crippen LogP contribution in [0.2, 0.25) is 0 Å². The summed E-state index contributed by atoms with van der Waals surface area (Å²) < 4.78 is 0. The first kappa shape index (κ1) is 15.5. The van der Waals surface area contributed by atoms with E-state index in [1.54, 1.807) is 0 Å². The van der Waals surface area contributed by atoms with E-state index in [0.717, 1.165) is 13.1 Å². The van der Waals surface area contributed by atoms with Gasteiger partial charge >= 0.3 is 0 Å². The van der Waals surface area contributed by atoms with Crippen LogP contribution < -0.4 is 5.32 Å². The molecule has 0 aromatic heterocycles. The molecule has 0 aliphatic carbocycles. The second kappa shape index (κ2) is 7.24. The lowest BCUT2D eigenvalue weighted by atomic mass is 9.94. The first-order valence-electron chi connectivity index (χ1n) is 8.17. The molecule has 0 saturated carbocycles. The molecule has 0 bridgehead atoms. The monoisotopic (exact) mass is 274 g/mol. The minimum atomic E-state index is 0.275. The molecule has 0 spiro atoms. The molecule has 2 rings (SSSR count). The highest BCUT2D eigenvalue weighted by Crippen LogP contribution is 2.26. The third-order valence-corrected chi connectivity index (χ3v) is 4.52. The number of unbranched alkanes of at least 4 members (excludes halogenated alkanes) is 3. The van der Waals surface area contributed by atoms with E-state index in [-0.39, 0.29) is 5.54 Å². The van der Waals surface area contributed by atoms with Crippen molar-refractivity contribution < 1.29 is 0 Å². The molecule has 112 valence electrons. The predicted octanol–water partition coefficient (Wildman–Crippen LogP) is 3.99. The normalized spacial score (nSPS) is 22.9. The van der Waals surface area contributed by atoms with Crippen LogP contribution in [0.25, 0.3) is 0 Å².